The van der Waals surface area contributed by atoms with Gasteiger partial charge in [-0.3, -0.25) is 9.59 Å². The normalized spacial score (nSPS) is 15.7. The number of hydrogen-bond acceptors (Lipinski definition) is 8. The van der Waals surface area contributed by atoms with Crippen molar-refractivity contribution in [3.05, 3.63) is 39.4 Å². The molecule has 0 radical (unpaired) electrons. The van der Waals surface area contributed by atoms with Gasteiger partial charge in [0, 0.05) is 50.9 Å². The summed E-state index contributed by atoms with van der Waals surface area (Å²) in [6.45, 7) is 6.02. The number of benzene rings is 1. The summed E-state index contributed by atoms with van der Waals surface area (Å²) in [6, 6.07) is 1.17. The molecule has 0 bridgehead atoms. The third kappa shape index (κ3) is 5.00. The highest BCUT2D eigenvalue weighted by molar-refractivity contribution is 5.96. The maximum absolute atomic E-state index is 15.7. The van der Waals surface area contributed by atoms with Crippen molar-refractivity contribution in [1.82, 2.24) is 9.47 Å². The summed E-state index contributed by atoms with van der Waals surface area (Å²) >= 11 is 0. The molecule has 0 unspecified atom stereocenters. The van der Waals surface area contributed by atoms with Crippen molar-refractivity contribution >= 4 is 34.6 Å². The van der Waals surface area contributed by atoms with Crippen LogP contribution in [-0.2, 0) is 25.6 Å². The highest BCUT2D eigenvalue weighted by atomic mass is 19.1. The van der Waals surface area contributed by atoms with Crippen LogP contribution in [0.5, 0.6) is 0 Å². The largest absolute Gasteiger partial charge is 0.462 e. The molecule has 1 aliphatic carbocycles. The summed E-state index contributed by atoms with van der Waals surface area (Å²) in [6.07, 6.45) is 2.71. The van der Waals surface area contributed by atoms with E-state index in [1.807, 2.05) is 0 Å². The van der Waals surface area contributed by atoms with Gasteiger partial charge in [-0.05, 0) is 32.8 Å². The molecule has 0 atom stereocenters. The highest BCUT2D eigenvalue weighted by Gasteiger charge is 2.32. The molecule has 1 saturated heterocycles. The lowest BCUT2D eigenvalue weighted by Gasteiger charge is -2.37. The Balaban J connectivity index is 1.85. The standard InChI is InChI=1S/C25H30FN3O7/c1-4-34-24(32)18-13-29(16-6-7-16)21-17(23(18)31)12-20(26)22(19(21)14-36-15(3)30)27-8-10-28(11-9-27)25(33)35-5-2/h12-13,16H,4-11,14H2,1-3H3. The number of nitrogens with zero attached hydrogens (tertiary/aromatic N) is 3. The van der Waals surface area contributed by atoms with Gasteiger partial charge in [0.2, 0.25) is 5.43 Å². The maximum atomic E-state index is 15.7. The van der Waals surface area contributed by atoms with Crippen LogP contribution in [0.3, 0.4) is 0 Å². The Morgan fingerprint density at radius 1 is 1.03 bits per heavy atom. The van der Waals surface area contributed by atoms with Crippen molar-refractivity contribution < 1.29 is 33.0 Å². The van der Waals surface area contributed by atoms with Crippen LogP contribution >= 0.6 is 0 Å². The van der Waals surface area contributed by atoms with Crippen molar-refractivity contribution in [3.63, 3.8) is 0 Å². The fourth-order valence-electron chi connectivity index (χ4n) is 4.53. The van der Waals surface area contributed by atoms with Crippen LogP contribution in [0, 0.1) is 5.82 Å². The van der Waals surface area contributed by atoms with Crippen molar-refractivity contribution in [2.24, 2.45) is 0 Å². The second-order valence-electron chi connectivity index (χ2n) is 8.77. The van der Waals surface area contributed by atoms with Gasteiger partial charge in [-0.2, -0.15) is 0 Å². The van der Waals surface area contributed by atoms with Crippen molar-refractivity contribution in [2.45, 2.75) is 46.3 Å². The first-order valence-corrected chi connectivity index (χ1v) is 12.1. The molecule has 36 heavy (non-hydrogen) atoms. The number of piperazine rings is 1. The van der Waals surface area contributed by atoms with Gasteiger partial charge in [-0.25, -0.2) is 14.0 Å². The second kappa shape index (κ2) is 10.5. The van der Waals surface area contributed by atoms with Gasteiger partial charge in [0.1, 0.15) is 18.0 Å². The molecular weight excluding hydrogens is 473 g/mol. The summed E-state index contributed by atoms with van der Waals surface area (Å²) < 4.78 is 32.9. The van der Waals surface area contributed by atoms with Gasteiger partial charge in [0.05, 0.1) is 29.8 Å². The third-order valence-electron chi connectivity index (χ3n) is 6.32. The zero-order valence-electron chi connectivity index (χ0n) is 20.7. The van der Waals surface area contributed by atoms with Crippen LogP contribution in [0.15, 0.2) is 17.1 Å². The fraction of sp³-hybridized carbons (Fsp3) is 0.520. The van der Waals surface area contributed by atoms with Gasteiger partial charge in [0.25, 0.3) is 0 Å². The molecule has 1 aromatic heterocycles. The number of carbonyl (C=O) groups is 3. The number of hydrogen-bond donors (Lipinski definition) is 0. The average molecular weight is 504 g/mol. The van der Waals surface area contributed by atoms with Gasteiger partial charge in [-0.1, -0.05) is 0 Å². The Labute approximate surface area is 207 Å². The number of ether oxygens (including phenoxy) is 3. The molecule has 0 spiro atoms. The van der Waals surface area contributed by atoms with Gasteiger partial charge < -0.3 is 28.6 Å². The van der Waals surface area contributed by atoms with Crippen LogP contribution in [0.25, 0.3) is 10.9 Å². The molecule has 1 aliphatic heterocycles. The second-order valence-corrected chi connectivity index (χ2v) is 8.77. The predicted octanol–water partition coefficient (Wildman–Crippen LogP) is 2.99. The Morgan fingerprint density at radius 2 is 1.69 bits per heavy atom. The van der Waals surface area contributed by atoms with Crippen LogP contribution in [0.2, 0.25) is 0 Å². The molecule has 11 heteroatoms. The molecule has 2 heterocycles. The number of anilines is 1. The van der Waals surface area contributed by atoms with E-state index in [9.17, 15) is 19.2 Å². The minimum atomic E-state index is -0.764. The zero-order valence-corrected chi connectivity index (χ0v) is 20.7. The highest BCUT2D eigenvalue weighted by Crippen LogP contribution is 2.40. The van der Waals surface area contributed by atoms with Crippen LogP contribution < -0.4 is 10.3 Å². The molecule has 10 nitrogen and oxygen atoms in total. The van der Waals surface area contributed by atoms with Crippen molar-refractivity contribution in [1.29, 1.82) is 0 Å². The van der Waals surface area contributed by atoms with E-state index in [1.54, 1.807) is 28.2 Å². The van der Waals surface area contributed by atoms with E-state index in [0.29, 0.717) is 37.3 Å². The molecule has 2 aliphatic rings. The number of rotatable bonds is 7. The lowest BCUT2D eigenvalue weighted by Crippen LogP contribution is -2.49. The number of esters is 2. The Bertz CT molecular complexity index is 1250. The molecule has 4 rings (SSSR count). The third-order valence-corrected chi connectivity index (χ3v) is 6.32. The number of amides is 1. The molecule has 2 fully saturated rings. The number of aromatic nitrogens is 1. The topological polar surface area (TPSA) is 107 Å². The first-order chi connectivity index (χ1) is 17.3. The lowest BCUT2D eigenvalue weighted by atomic mass is 10.0. The summed E-state index contributed by atoms with van der Waals surface area (Å²) in [5, 5.41) is 0.0287. The van der Waals surface area contributed by atoms with E-state index >= 15 is 4.39 Å². The summed E-state index contributed by atoms with van der Waals surface area (Å²) in [7, 11) is 0. The summed E-state index contributed by atoms with van der Waals surface area (Å²) in [4.78, 5) is 52.9. The predicted molar refractivity (Wildman–Crippen MR) is 129 cm³/mol. The van der Waals surface area contributed by atoms with Crippen molar-refractivity contribution in [2.75, 3.05) is 44.3 Å². The molecule has 1 amide bonds. The smallest absolute Gasteiger partial charge is 0.409 e. The maximum Gasteiger partial charge on any atom is 0.409 e. The monoisotopic (exact) mass is 503 g/mol. The van der Waals surface area contributed by atoms with E-state index in [0.717, 1.165) is 18.9 Å². The van der Waals surface area contributed by atoms with Crippen LogP contribution in [-0.4, -0.2) is 66.9 Å². The average Bonchev–Trinajstić information content (AvgIpc) is 3.69. The Kier molecular flexibility index (Phi) is 7.46. The van der Waals surface area contributed by atoms with E-state index in [4.69, 9.17) is 14.2 Å². The SMILES string of the molecule is CCOC(=O)c1cn(C2CC2)c2c(COC(C)=O)c(N3CCN(C(=O)OCC)CC3)c(F)cc2c1=O. The van der Waals surface area contributed by atoms with Gasteiger partial charge >= 0.3 is 18.0 Å². The van der Waals surface area contributed by atoms with Crippen LogP contribution in [0.1, 0.15) is 55.6 Å². The van der Waals surface area contributed by atoms with Crippen LogP contribution in [0.4, 0.5) is 14.9 Å². The van der Waals surface area contributed by atoms with E-state index in [-0.39, 0.29) is 42.5 Å². The Morgan fingerprint density at radius 3 is 2.28 bits per heavy atom. The number of pyridine rings is 1. The van der Waals surface area contributed by atoms with Gasteiger partial charge in [-0.15, -0.1) is 0 Å². The molecule has 1 aromatic carbocycles. The number of carbonyl (C=O) groups excluding carboxylic acids is 3. The fourth-order valence-corrected chi connectivity index (χ4v) is 4.53. The first kappa shape index (κ1) is 25.5. The molecule has 0 N–H and O–H groups in total. The van der Waals surface area contributed by atoms with Gasteiger partial charge in [0.15, 0.2) is 0 Å². The van der Waals surface area contributed by atoms with E-state index in [2.05, 4.69) is 0 Å². The number of fused-ring (bicyclic) bond motifs is 1. The van der Waals surface area contributed by atoms with E-state index in [1.165, 1.54) is 13.1 Å². The van der Waals surface area contributed by atoms with Crippen molar-refractivity contribution in [3.8, 4) is 0 Å². The lowest BCUT2D eigenvalue weighted by molar-refractivity contribution is -0.142. The number of halogens is 1. The molecular formula is C25H30FN3O7. The zero-order chi connectivity index (χ0) is 26.0. The Hall–Kier alpha value is -3.63. The first-order valence-electron chi connectivity index (χ1n) is 12.1. The summed E-state index contributed by atoms with van der Waals surface area (Å²) in [5.74, 6) is -1.98. The van der Waals surface area contributed by atoms with E-state index < -0.39 is 29.3 Å². The minimum Gasteiger partial charge on any atom is -0.462 e. The molecule has 194 valence electrons. The minimum absolute atomic E-state index is 0.0244. The quantitative estimate of drug-likeness (QED) is 0.419. The summed E-state index contributed by atoms with van der Waals surface area (Å²) in [5.41, 5.74) is 0.196. The molecule has 2 aromatic rings. The molecule has 1 saturated carbocycles.